The number of methoxy groups -OCH3 is 1. The van der Waals surface area contributed by atoms with Crippen LogP contribution in [0, 0.1) is 19.7 Å². The van der Waals surface area contributed by atoms with Crippen LogP contribution in [0.4, 0.5) is 10.1 Å². The lowest BCUT2D eigenvalue weighted by atomic mass is 10.1. The van der Waals surface area contributed by atoms with Gasteiger partial charge in [-0.15, -0.1) is 0 Å². The average molecular weight is 484 g/mol. The van der Waals surface area contributed by atoms with Gasteiger partial charge in [0.1, 0.15) is 12.4 Å². The molecule has 1 amide bonds. The fourth-order valence-corrected chi connectivity index (χ4v) is 3.72. The molecule has 0 heterocycles. The monoisotopic (exact) mass is 483 g/mol. The highest BCUT2D eigenvalue weighted by Gasteiger charge is 2.12. The minimum Gasteiger partial charge on any atom is -0.493 e. The maximum Gasteiger partial charge on any atom is 0.248 e. The molecule has 0 aliphatic carbocycles. The number of nitrogens with one attached hydrogen (secondary N) is 1. The molecule has 1 N–H and O–H groups in total. The minimum absolute atomic E-state index is 0.0646. The number of rotatable bonds is 7. The first-order chi connectivity index (χ1) is 14.9. The van der Waals surface area contributed by atoms with Crippen LogP contribution < -0.4 is 14.8 Å². The van der Waals surface area contributed by atoms with Gasteiger partial charge in [-0.1, -0.05) is 24.3 Å². The van der Waals surface area contributed by atoms with Gasteiger partial charge in [0, 0.05) is 17.3 Å². The van der Waals surface area contributed by atoms with Crippen LogP contribution in [-0.4, -0.2) is 13.0 Å². The molecule has 3 rings (SSSR count). The Balaban J connectivity index is 1.72. The van der Waals surface area contributed by atoms with Crippen LogP contribution in [0.3, 0.4) is 0 Å². The Morgan fingerprint density at radius 2 is 1.81 bits per heavy atom. The third-order valence-corrected chi connectivity index (χ3v) is 5.09. The molecule has 0 saturated carbocycles. The van der Waals surface area contributed by atoms with Crippen molar-refractivity contribution >= 4 is 33.6 Å². The Kier molecular flexibility index (Phi) is 7.47. The minimum atomic E-state index is -0.327. The Morgan fingerprint density at radius 3 is 2.48 bits per heavy atom. The first-order valence-corrected chi connectivity index (χ1v) is 10.5. The highest BCUT2D eigenvalue weighted by molar-refractivity contribution is 9.10. The van der Waals surface area contributed by atoms with E-state index in [1.165, 1.54) is 19.3 Å². The van der Waals surface area contributed by atoms with E-state index in [1.807, 2.05) is 32.0 Å². The number of aryl methyl sites for hydroxylation is 2. The second-order valence-electron chi connectivity index (χ2n) is 7.11. The third-order valence-electron chi connectivity index (χ3n) is 4.50. The number of hydrogen-bond donors (Lipinski definition) is 1. The van der Waals surface area contributed by atoms with Crippen LogP contribution in [0.5, 0.6) is 11.5 Å². The van der Waals surface area contributed by atoms with Crippen molar-refractivity contribution in [3.63, 3.8) is 0 Å². The molecule has 0 aliphatic heterocycles. The summed E-state index contributed by atoms with van der Waals surface area (Å²) in [7, 11) is 1.53. The van der Waals surface area contributed by atoms with Crippen molar-refractivity contribution in [2.45, 2.75) is 20.5 Å². The van der Waals surface area contributed by atoms with E-state index in [0.29, 0.717) is 21.5 Å². The molecule has 160 valence electrons. The summed E-state index contributed by atoms with van der Waals surface area (Å²) in [6.45, 7) is 4.03. The van der Waals surface area contributed by atoms with Gasteiger partial charge in [0.15, 0.2) is 11.5 Å². The number of carbonyl (C=O) groups excluding carboxylic acids is 1. The second-order valence-corrected chi connectivity index (χ2v) is 7.97. The number of amides is 1. The van der Waals surface area contributed by atoms with Gasteiger partial charge >= 0.3 is 0 Å². The van der Waals surface area contributed by atoms with E-state index in [1.54, 1.807) is 36.4 Å². The van der Waals surface area contributed by atoms with Gasteiger partial charge in [0.05, 0.1) is 11.6 Å². The average Bonchev–Trinajstić information content (AvgIpc) is 2.71. The lowest BCUT2D eigenvalue weighted by molar-refractivity contribution is -0.111. The van der Waals surface area contributed by atoms with Crippen molar-refractivity contribution < 1.29 is 18.7 Å². The molecule has 3 aromatic rings. The van der Waals surface area contributed by atoms with Crippen molar-refractivity contribution in [2.24, 2.45) is 0 Å². The molecule has 0 unspecified atom stereocenters. The first kappa shape index (κ1) is 22.6. The van der Waals surface area contributed by atoms with Crippen LogP contribution in [-0.2, 0) is 11.4 Å². The van der Waals surface area contributed by atoms with Gasteiger partial charge in [0.2, 0.25) is 5.91 Å². The van der Waals surface area contributed by atoms with Gasteiger partial charge < -0.3 is 14.8 Å². The molecular weight excluding hydrogens is 461 g/mol. The number of halogens is 2. The van der Waals surface area contributed by atoms with Crippen LogP contribution in [0.25, 0.3) is 6.08 Å². The summed E-state index contributed by atoms with van der Waals surface area (Å²) >= 11 is 3.47. The number of carbonyl (C=O) groups is 1. The lowest BCUT2D eigenvalue weighted by Crippen LogP contribution is -2.08. The van der Waals surface area contributed by atoms with Gasteiger partial charge in [-0.05, 0) is 82.9 Å². The highest BCUT2D eigenvalue weighted by Crippen LogP contribution is 2.37. The lowest BCUT2D eigenvalue weighted by Gasteiger charge is -2.14. The molecule has 0 aliphatic rings. The Bertz CT molecular complexity index is 1110. The van der Waals surface area contributed by atoms with Crippen molar-refractivity contribution in [1.82, 2.24) is 0 Å². The maximum atomic E-state index is 13.8. The Hall–Kier alpha value is -3.12. The van der Waals surface area contributed by atoms with Gasteiger partial charge in [-0.2, -0.15) is 0 Å². The summed E-state index contributed by atoms with van der Waals surface area (Å²) in [5, 5.41) is 2.86. The molecule has 0 fully saturated rings. The fourth-order valence-electron chi connectivity index (χ4n) is 3.14. The molecule has 0 radical (unpaired) electrons. The van der Waals surface area contributed by atoms with E-state index >= 15 is 0 Å². The molecular formula is C25H23BrFNO3. The first-order valence-electron chi connectivity index (χ1n) is 9.67. The second kappa shape index (κ2) is 10.3. The summed E-state index contributed by atoms with van der Waals surface area (Å²) in [6.07, 6.45) is 3.14. The number of ether oxygens (including phenoxy) is 2. The summed E-state index contributed by atoms with van der Waals surface area (Å²) in [6, 6.07) is 15.9. The zero-order chi connectivity index (χ0) is 22.4. The van der Waals surface area contributed by atoms with E-state index in [4.69, 9.17) is 9.47 Å². The van der Waals surface area contributed by atoms with Crippen LogP contribution in [0.1, 0.15) is 22.3 Å². The van der Waals surface area contributed by atoms with Crippen LogP contribution >= 0.6 is 15.9 Å². The molecule has 0 aromatic heterocycles. The Morgan fingerprint density at radius 1 is 1.10 bits per heavy atom. The maximum absolute atomic E-state index is 13.8. The SMILES string of the molecule is COc1cc(/C=C/C(=O)Nc2cc(C)cc(C)c2)cc(Br)c1OCc1ccccc1F. The molecule has 3 aromatic carbocycles. The smallest absolute Gasteiger partial charge is 0.248 e. The molecule has 6 heteroatoms. The summed E-state index contributed by atoms with van der Waals surface area (Å²) in [4.78, 5) is 12.3. The zero-order valence-corrected chi connectivity index (χ0v) is 19.1. The molecule has 31 heavy (non-hydrogen) atoms. The molecule has 0 spiro atoms. The highest BCUT2D eigenvalue weighted by atomic mass is 79.9. The van der Waals surface area contributed by atoms with Crippen LogP contribution in [0.15, 0.2) is 65.1 Å². The van der Waals surface area contributed by atoms with Gasteiger partial charge in [-0.3, -0.25) is 4.79 Å². The Labute approximate surface area is 189 Å². The summed E-state index contributed by atoms with van der Waals surface area (Å²) in [5.74, 6) is 0.370. The van der Waals surface area contributed by atoms with E-state index in [-0.39, 0.29) is 18.3 Å². The normalized spacial score (nSPS) is 10.9. The summed E-state index contributed by atoms with van der Waals surface area (Å²) < 4.78 is 25.7. The van der Waals surface area contributed by atoms with Crippen molar-refractivity contribution in [3.8, 4) is 11.5 Å². The molecule has 4 nitrogen and oxygen atoms in total. The van der Waals surface area contributed by atoms with E-state index < -0.39 is 0 Å². The van der Waals surface area contributed by atoms with Crippen molar-refractivity contribution in [2.75, 3.05) is 12.4 Å². The summed E-state index contributed by atoms with van der Waals surface area (Å²) in [5.41, 5.74) is 4.11. The molecule has 0 saturated heterocycles. The number of benzene rings is 3. The number of hydrogen-bond acceptors (Lipinski definition) is 3. The predicted molar refractivity (Wildman–Crippen MR) is 125 cm³/mol. The van der Waals surface area contributed by atoms with Crippen molar-refractivity contribution in [3.05, 3.63) is 93.2 Å². The molecule has 0 atom stereocenters. The van der Waals surface area contributed by atoms with Crippen molar-refractivity contribution in [1.29, 1.82) is 0 Å². The quantitative estimate of drug-likeness (QED) is 0.393. The third kappa shape index (κ3) is 6.18. The standard InChI is InChI=1S/C25H23BrFNO3/c1-16-10-17(2)12-20(11-16)28-24(29)9-8-18-13-21(26)25(23(14-18)30-3)31-15-19-6-4-5-7-22(19)27/h4-14H,15H2,1-3H3,(H,28,29)/b9-8+. The van der Waals surface area contributed by atoms with Crippen LogP contribution in [0.2, 0.25) is 0 Å². The largest absolute Gasteiger partial charge is 0.493 e. The van der Waals surface area contributed by atoms with E-state index in [2.05, 4.69) is 21.2 Å². The zero-order valence-electron chi connectivity index (χ0n) is 17.5. The van der Waals surface area contributed by atoms with Gasteiger partial charge in [0.25, 0.3) is 0 Å². The predicted octanol–water partition coefficient (Wildman–Crippen LogP) is 6.44. The van der Waals surface area contributed by atoms with E-state index in [0.717, 1.165) is 22.4 Å². The molecule has 0 bridgehead atoms. The van der Waals surface area contributed by atoms with E-state index in [9.17, 15) is 9.18 Å². The number of anilines is 1. The topological polar surface area (TPSA) is 47.6 Å². The van der Waals surface area contributed by atoms with Gasteiger partial charge in [-0.25, -0.2) is 4.39 Å². The fraction of sp³-hybridized carbons (Fsp3) is 0.160.